The Balaban J connectivity index is 1.84. The Morgan fingerprint density at radius 1 is 1.17 bits per heavy atom. The first-order chi connectivity index (χ1) is 14.0. The Morgan fingerprint density at radius 2 is 1.90 bits per heavy atom. The van der Waals surface area contributed by atoms with Gasteiger partial charge in [-0.1, -0.05) is 30.3 Å². The van der Waals surface area contributed by atoms with Crippen molar-refractivity contribution >= 4 is 11.8 Å². The molecular formula is C22H27N3O4. The number of rotatable bonds is 7. The number of aliphatic hydroxyl groups excluding tert-OH is 1. The first-order valence-corrected chi connectivity index (χ1v) is 9.61. The lowest BCUT2D eigenvalue weighted by molar-refractivity contribution is -0.152. The van der Waals surface area contributed by atoms with E-state index in [4.69, 9.17) is 4.74 Å². The quantitative estimate of drug-likeness (QED) is 0.766. The van der Waals surface area contributed by atoms with Crippen molar-refractivity contribution in [3.8, 4) is 11.1 Å². The molecule has 1 fully saturated rings. The summed E-state index contributed by atoms with van der Waals surface area (Å²) in [5.41, 5.74) is 3.11. The van der Waals surface area contributed by atoms with Crippen molar-refractivity contribution in [3.63, 3.8) is 0 Å². The molecule has 0 bridgehead atoms. The SMILES string of the molecule is COCC(=O)N(C)C[C@H]1[C@H](c2ccc(-c3cccnc3)cc2)[C@H](CO)N1C(C)=O. The lowest BCUT2D eigenvalue weighted by Crippen LogP contribution is -2.68. The van der Waals surface area contributed by atoms with Crippen LogP contribution in [0.4, 0.5) is 0 Å². The molecule has 3 rings (SSSR count). The molecule has 154 valence electrons. The summed E-state index contributed by atoms with van der Waals surface area (Å²) in [4.78, 5) is 31.7. The zero-order valence-electron chi connectivity index (χ0n) is 17.0. The number of methoxy groups -OCH3 is 1. The fourth-order valence-electron chi connectivity index (χ4n) is 4.11. The number of likely N-dealkylation sites (tertiary alicyclic amines) is 1. The second-order valence-corrected chi connectivity index (χ2v) is 7.34. The molecule has 1 aliphatic rings. The fraction of sp³-hybridized carbons (Fsp3) is 0.409. The number of ether oxygens (including phenoxy) is 1. The molecule has 1 aliphatic heterocycles. The Kier molecular flexibility index (Phi) is 6.61. The predicted molar refractivity (Wildman–Crippen MR) is 109 cm³/mol. The second kappa shape index (κ2) is 9.15. The molecule has 7 nitrogen and oxygen atoms in total. The minimum Gasteiger partial charge on any atom is -0.394 e. The van der Waals surface area contributed by atoms with Crippen LogP contribution in [0.1, 0.15) is 18.4 Å². The lowest BCUT2D eigenvalue weighted by Gasteiger charge is -2.55. The van der Waals surface area contributed by atoms with Crippen molar-refractivity contribution in [2.75, 3.05) is 33.9 Å². The number of aromatic nitrogens is 1. The van der Waals surface area contributed by atoms with E-state index in [0.717, 1.165) is 16.7 Å². The summed E-state index contributed by atoms with van der Waals surface area (Å²) in [7, 11) is 3.18. The van der Waals surface area contributed by atoms with Gasteiger partial charge >= 0.3 is 0 Å². The number of hydrogen-bond donors (Lipinski definition) is 1. The van der Waals surface area contributed by atoms with Crippen LogP contribution in [0.15, 0.2) is 48.8 Å². The largest absolute Gasteiger partial charge is 0.394 e. The standard InChI is InChI=1S/C22H27N3O4/c1-15(27)25-19(12-24(2)21(28)14-29-3)22(20(25)13-26)17-8-6-16(7-9-17)18-5-4-10-23-11-18/h4-11,19-20,22,26H,12-14H2,1-3H3/t19-,20-,22-/m0/s1. The molecule has 1 N–H and O–H groups in total. The van der Waals surface area contributed by atoms with Crippen molar-refractivity contribution in [1.29, 1.82) is 0 Å². The van der Waals surface area contributed by atoms with Crippen LogP contribution < -0.4 is 0 Å². The Bertz CT molecular complexity index is 841. The first kappa shape index (κ1) is 21.0. The van der Waals surface area contributed by atoms with E-state index < -0.39 is 0 Å². The van der Waals surface area contributed by atoms with Gasteiger partial charge in [0, 0.05) is 45.9 Å². The van der Waals surface area contributed by atoms with Gasteiger partial charge in [-0.25, -0.2) is 0 Å². The average Bonchev–Trinajstić information content (AvgIpc) is 2.71. The summed E-state index contributed by atoms with van der Waals surface area (Å²) in [6, 6.07) is 11.5. The molecule has 0 saturated carbocycles. The van der Waals surface area contributed by atoms with E-state index in [0.29, 0.717) is 6.54 Å². The fourth-order valence-corrected chi connectivity index (χ4v) is 4.11. The summed E-state index contributed by atoms with van der Waals surface area (Å²) in [5.74, 6) is -0.302. The van der Waals surface area contributed by atoms with Crippen molar-refractivity contribution in [2.24, 2.45) is 0 Å². The average molecular weight is 397 g/mol. The van der Waals surface area contributed by atoms with Crippen LogP contribution in [0.2, 0.25) is 0 Å². The molecule has 2 heterocycles. The Morgan fingerprint density at radius 3 is 2.45 bits per heavy atom. The summed E-state index contributed by atoms with van der Waals surface area (Å²) < 4.78 is 4.92. The van der Waals surface area contributed by atoms with Crippen LogP contribution in [0.5, 0.6) is 0 Å². The van der Waals surface area contributed by atoms with E-state index in [-0.39, 0.29) is 43.0 Å². The normalized spacial score (nSPS) is 20.8. The highest BCUT2D eigenvalue weighted by Gasteiger charge is 2.50. The van der Waals surface area contributed by atoms with Crippen LogP contribution in [-0.2, 0) is 14.3 Å². The third kappa shape index (κ3) is 4.31. The third-order valence-electron chi connectivity index (χ3n) is 5.54. The van der Waals surface area contributed by atoms with Gasteiger partial charge in [0.1, 0.15) is 6.61 Å². The summed E-state index contributed by atoms with van der Waals surface area (Å²) in [6.45, 7) is 1.75. The number of nitrogens with zero attached hydrogens (tertiary/aromatic N) is 3. The van der Waals surface area contributed by atoms with Crippen LogP contribution in [0, 0.1) is 0 Å². The summed E-state index contributed by atoms with van der Waals surface area (Å²) in [6.07, 6.45) is 3.55. The van der Waals surface area contributed by atoms with Gasteiger partial charge in [-0.05, 0) is 22.8 Å². The summed E-state index contributed by atoms with van der Waals surface area (Å²) in [5, 5.41) is 9.91. The molecule has 1 aromatic carbocycles. The Labute approximate surface area is 170 Å². The zero-order chi connectivity index (χ0) is 21.0. The van der Waals surface area contributed by atoms with Gasteiger partial charge in [-0.15, -0.1) is 0 Å². The van der Waals surface area contributed by atoms with Crippen LogP contribution in [0.3, 0.4) is 0 Å². The zero-order valence-corrected chi connectivity index (χ0v) is 17.0. The van der Waals surface area contributed by atoms with Gasteiger partial charge in [0.05, 0.1) is 18.7 Å². The smallest absolute Gasteiger partial charge is 0.248 e. The van der Waals surface area contributed by atoms with Gasteiger partial charge in [0.2, 0.25) is 11.8 Å². The third-order valence-corrected chi connectivity index (χ3v) is 5.54. The van der Waals surface area contributed by atoms with Crippen molar-refractivity contribution in [2.45, 2.75) is 24.9 Å². The molecule has 2 amide bonds. The predicted octanol–water partition coefficient (Wildman–Crippen LogP) is 1.53. The maximum atomic E-state index is 12.2. The van der Waals surface area contributed by atoms with E-state index in [2.05, 4.69) is 4.98 Å². The maximum absolute atomic E-state index is 12.2. The van der Waals surface area contributed by atoms with Crippen LogP contribution >= 0.6 is 0 Å². The number of carbonyl (C=O) groups excluding carboxylic acids is 2. The molecule has 29 heavy (non-hydrogen) atoms. The van der Waals surface area contributed by atoms with Gasteiger partial charge in [0.15, 0.2) is 0 Å². The molecule has 2 aromatic rings. The minimum absolute atomic E-state index is 0.00278. The topological polar surface area (TPSA) is 83.0 Å². The molecule has 3 atom stereocenters. The minimum atomic E-state index is -0.298. The molecule has 7 heteroatoms. The van der Waals surface area contributed by atoms with E-state index in [9.17, 15) is 14.7 Å². The van der Waals surface area contributed by atoms with Crippen LogP contribution in [-0.4, -0.2) is 77.7 Å². The molecule has 0 radical (unpaired) electrons. The van der Waals surface area contributed by atoms with Crippen LogP contribution in [0.25, 0.3) is 11.1 Å². The Hall–Kier alpha value is -2.77. The van der Waals surface area contributed by atoms with Crippen molar-refractivity contribution < 1.29 is 19.4 Å². The van der Waals surface area contributed by atoms with Gasteiger partial charge in [0.25, 0.3) is 0 Å². The van der Waals surface area contributed by atoms with Gasteiger partial charge < -0.3 is 19.6 Å². The maximum Gasteiger partial charge on any atom is 0.248 e. The van der Waals surface area contributed by atoms with E-state index in [1.54, 1.807) is 23.0 Å². The van der Waals surface area contributed by atoms with E-state index in [1.807, 2.05) is 42.6 Å². The highest BCUT2D eigenvalue weighted by atomic mass is 16.5. The number of pyridine rings is 1. The molecule has 0 unspecified atom stereocenters. The first-order valence-electron chi connectivity index (χ1n) is 9.61. The lowest BCUT2D eigenvalue weighted by atomic mass is 9.74. The molecule has 1 aromatic heterocycles. The van der Waals surface area contributed by atoms with Crippen molar-refractivity contribution in [3.05, 3.63) is 54.4 Å². The highest BCUT2D eigenvalue weighted by Crippen LogP contribution is 2.41. The second-order valence-electron chi connectivity index (χ2n) is 7.34. The van der Waals surface area contributed by atoms with Gasteiger partial charge in [-0.2, -0.15) is 0 Å². The molecular weight excluding hydrogens is 370 g/mol. The number of likely N-dealkylation sites (N-methyl/N-ethyl adjacent to an activating group) is 1. The highest BCUT2D eigenvalue weighted by molar-refractivity contribution is 5.78. The van der Waals surface area contributed by atoms with E-state index >= 15 is 0 Å². The van der Waals surface area contributed by atoms with Crippen molar-refractivity contribution in [1.82, 2.24) is 14.8 Å². The number of aliphatic hydroxyl groups is 1. The number of amides is 2. The molecule has 0 aliphatic carbocycles. The number of hydrogen-bond acceptors (Lipinski definition) is 5. The summed E-state index contributed by atoms with van der Waals surface area (Å²) >= 11 is 0. The monoisotopic (exact) mass is 397 g/mol. The molecule has 1 saturated heterocycles. The number of benzene rings is 1. The molecule has 0 spiro atoms. The van der Waals surface area contributed by atoms with Gasteiger partial charge in [-0.3, -0.25) is 14.6 Å². The number of carbonyl (C=O) groups is 2. The van der Waals surface area contributed by atoms with E-state index in [1.165, 1.54) is 14.0 Å².